The van der Waals surface area contributed by atoms with Crippen molar-refractivity contribution in [3.63, 3.8) is 0 Å². The average molecular weight is 561 g/mol. The van der Waals surface area contributed by atoms with Crippen LogP contribution in [0.1, 0.15) is 38.3 Å². The molecule has 1 N–H and O–H groups in total. The average Bonchev–Trinajstić information content (AvgIpc) is 2.89. The van der Waals surface area contributed by atoms with Crippen molar-refractivity contribution < 1.29 is 13.2 Å². The van der Waals surface area contributed by atoms with Crippen LogP contribution in [0.4, 0.5) is 11.4 Å². The van der Waals surface area contributed by atoms with Crippen molar-refractivity contribution in [1.29, 1.82) is 0 Å². The normalized spacial score (nSPS) is 16.8. The molecule has 1 aliphatic heterocycles. The lowest BCUT2D eigenvalue weighted by atomic mass is 9.99. The summed E-state index contributed by atoms with van der Waals surface area (Å²) in [5.74, 6) is 0.215. The van der Waals surface area contributed by atoms with Crippen molar-refractivity contribution in [3.8, 4) is 0 Å². The van der Waals surface area contributed by atoms with Gasteiger partial charge in [-0.25, -0.2) is 8.42 Å². The van der Waals surface area contributed by atoms with E-state index in [0.717, 1.165) is 23.0 Å². The van der Waals surface area contributed by atoms with E-state index < -0.39 is 22.5 Å². The summed E-state index contributed by atoms with van der Waals surface area (Å²) < 4.78 is 28.1. The fourth-order valence-electron chi connectivity index (χ4n) is 4.60. The first-order valence-electron chi connectivity index (χ1n) is 12.3. The van der Waals surface area contributed by atoms with Gasteiger partial charge in [-0.05, 0) is 67.6 Å². The Morgan fingerprint density at radius 1 is 1.05 bits per heavy atom. The number of hydrogen-bond acceptors (Lipinski definition) is 4. The lowest BCUT2D eigenvalue weighted by molar-refractivity contribution is -0.120. The molecular weight excluding hydrogens is 529 g/mol. The molecule has 1 saturated heterocycles. The largest absolute Gasteiger partial charge is 0.371 e. The molecule has 4 rings (SSSR count). The molecule has 0 radical (unpaired) electrons. The number of benzene rings is 3. The molecule has 196 valence electrons. The summed E-state index contributed by atoms with van der Waals surface area (Å²) in [6.45, 7) is 5.79. The van der Waals surface area contributed by atoms with Gasteiger partial charge in [-0.1, -0.05) is 66.5 Å². The van der Waals surface area contributed by atoms with Gasteiger partial charge in [-0.2, -0.15) is 0 Å². The number of hydrogen-bond donors (Lipinski definition) is 1. The molecule has 2 unspecified atom stereocenters. The van der Waals surface area contributed by atoms with Crippen molar-refractivity contribution in [3.05, 3.63) is 88.4 Å². The minimum atomic E-state index is -4.09. The Morgan fingerprint density at radius 2 is 1.76 bits per heavy atom. The SMILES string of the molecule is CC1CCCN(c2ccc(C(C)NC(=O)CN(c3cccc(Cl)c3Cl)S(=O)(=O)c3ccccc3)cc2)C1. The predicted molar refractivity (Wildman–Crippen MR) is 151 cm³/mol. The van der Waals surface area contributed by atoms with Gasteiger partial charge in [0.25, 0.3) is 10.0 Å². The molecule has 1 fully saturated rings. The van der Waals surface area contributed by atoms with E-state index in [-0.39, 0.29) is 26.7 Å². The highest BCUT2D eigenvalue weighted by molar-refractivity contribution is 7.92. The van der Waals surface area contributed by atoms with Gasteiger partial charge in [0, 0.05) is 18.8 Å². The third-order valence-corrected chi connectivity index (χ3v) is 9.19. The van der Waals surface area contributed by atoms with Crippen LogP contribution in [0.2, 0.25) is 10.0 Å². The molecule has 1 amide bonds. The van der Waals surface area contributed by atoms with Gasteiger partial charge >= 0.3 is 0 Å². The lowest BCUT2D eigenvalue weighted by Crippen LogP contribution is -2.41. The number of nitrogens with zero attached hydrogens (tertiary/aromatic N) is 2. The number of nitrogens with one attached hydrogen (secondary N) is 1. The molecule has 3 aromatic rings. The summed E-state index contributed by atoms with van der Waals surface area (Å²) in [4.78, 5) is 15.6. The van der Waals surface area contributed by atoms with Gasteiger partial charge in [-0.3, -0.25) is 9.10 Å². The Bertz CT molecular complexity index is 1330. The number of piperidine rings is 1. The maximum Gasteiger partial charge on any atom is 0.264 e. The monoisotopic (exact) mass is 559 g/mol. The molecule has 3 aromatic carbocycles. The van der Waals surface area contributed by atoms with Crippen molar-refractivity contribution in [2.24, 2.45) is 5.92 Å². The van der Waals surface area contributed by atoms with Crippen molar-refractivity contribution in [2.45, 2.75) is 37.6 Å². The van der Waals surface area contributed by atoms with Crippen LogP contribution in [0, 0.1) is 5.92 Å². The minimum Gasteiger partial charge on any atom is -0.371 e. The number of amides is 1. The summed E-state index contributed by atoms with van der Waals surface area (Å²) in [6.07, 6.45) is 2.45. The highest BCUT2D eigenvalue weighted by atomic mass is 35.5. The van der Waals surface area contributed by atoms with Crippen LogP contribution in [-0.2, 0) is 14.8 Å². The van der Waals surface area contributed by atoms with E-state index in [1.807, 2.05) is 19.1 Å². The maximum absolute atomic E-state index is 13.5. The van der Waals surface area contributed by atoms with Crippen molar-refractivity contribution >= 4 is 50.5 Å². The topological polar surface area (TPSA) is 69.7 Å². The second-order valence-corrected chi connectivity index (χ2v) is 12.1. The summed E-state index contributed by atoms with van der Waals surface area (Å²) in [6, 6.07) is 20.5. The van der Waals surface area contributed by atoms with Crippen LogP contribution in [-0.4, -0.2) is 34.0 Å². The molecule has 37 heavy (non-hydrogen) atoms. The molecule has 0 saturated carbocycles. The summed E-state index contributed by atoms with van der Waals surface area (Å²) >= 11 is 12.6. The summed E-state index contributed by atoms with van der Waals surface area (Å²) in [5.41, 5.74) is 2.24. The molecule has 6 nitrogen and oxygen atoms in total. The smallest absolute Gasteiger partial charge is 0.264 e. The Hall–Kier alpha value is -2.74. The van der Waals surface area contributed by atoms with Crippen LogP contribution in [0.25, 0.3) is 0 Å². The molecule has 2 atom stereocenters. The van der Waals surface area contributed by atoms with Gasteiger partial charge < -0.3 is 10.2 Å². The first-order chi connectivity index (χ1) is 17.7. The van der Waals surface area contributed by atoms with Gasteiger partial charge in [-0.15, -0.1) is 0 Å². The molecule has 1 aliphatic rings. The van der Waals surface area contributed by atoms with Crippen LogP contribution in [0.15, 0.2) is 77.7 Å². The quantitative estimate of drug-likeness (QED) is 0.351. The van der Waals surface area contributed by atoms with Crippen molar-refractivity contribution in [2.75, 3.05) is 28.8 Å². The minimum absolute atomic E-state index is 0.0505. The van der Waals surface area contributed by atoms with Crippen molar-refractivity contribution in [1.82, 2.24) is 5.32 Å². The number of anilines is 2. The second-order valence-electron chi connectivity index (χ2n) is 9.47. The van der Waals surface area contributed by atoms with Crippen LogP contribution < -0.4 is 14.5 Å². The van der Waals surface area contributed by atoms with E-state index in [0.29, 0.717) is 5.92 Å². The highest BCUT2D eigenvalue weighted by Crippen LogP contribution is 2.35. The number of carbonyl (C=O) groups is 1. The number of sulfonamides is 1. The molecule has 0 bridgehead atoms. The molecule has 1 heterocycles. The highest BCUT2D eigenvalue weighted by Gasteiger charge is 2.29. The van der Waals surface area contributed by atoms with Crippen LogP contribution >= 0.6 is 23.2 Å². The predicted octanol–water partition coefficient (Wildman–Crippen LogP) is 6.30. The van der Waals surface area contributed by atoms with E-state index in [1.54, 1.807) is 30.3 Å². The zero-order chi connectivity index (χ0) is 26.6. The Labute approximate surface area is 229 Å². The Balaban J connectivity index is 1.52. The van der Waals surface area contributed by atoms with Crippen LogP contribution in [0.5, 0.6) is 0 Å². The van der Waals surface area contributed by atoms with Crippen LogP contribution in [0.3, 0.4) is 0 Å². The van der Waals surface area contributed by atoms with E-state index in [4.69, 9.17) is 23.2 Å². The zero-order valence-electron chi connectivity index (χ0n) is 20.9. The standard InChI is InChI=1S/C28H31Cl2N3O3S/c1-20-8-7-17-32(18-20)23-15-13-22(14-16-23)21(2)31-27(34)19-33(26-12-6-11-25(29)28(26)30)37(35,36)24-9-4-3-5-10-24/h3-6,9-16,20-21H,7-8,17-19H2,1-2H3,(H,31,34). The number of carbonyl (C=O) groups excluding carboxylic acids is 1. The third-order valence-electron chi connectivity index (χ3n) is 6.61. The van der Waals surface area contributed by atoms with Gasteiger partial charge in [0.1, 0.15) is 6.54 Å². The summed E-state index contributed by atoms with van der Waals surface area (Å²) in [5, 5.41) is 3.19. The molecule has 0 spiro atoms. The molecule has 9 heteroatoms. The Morgan fingerprint density at radius 3 is 2.43 bits per heavy atom. The molecule has 0 aliphatic carbocycles. The first kappa shape index (κ1) is 27.3. The fourth-order valence-corrected chi connectivity index (χ4v) is 6.50. The second kappa shape index (κ2) is 11.8. The van der Waals surface area contributed by atoms with E-state index >= 15 is 0 Å². The molecule has 0 aromatic heterocycles. The lowest BCUT2D eigenvalue weighted by Gasteiger charge is -2.33. The first-order valence-corrected chi connectivity index (χ1v) is 14.5. The third kappa shape index (κ3) is 6.40. The van der Waals surface area contributed by atoms with E-state index in [9.17, 15) is 13.2 Å². The van der Waals surface area contributed by atoms with Gasteiger partial charge in [0.2, 0.25) is 5.91 Å². The van der Waals surface area contributed by atoms with Gasteiger partial charge in [0.15, 0.2) is 0 Å². The Kier molecular flexibility index (Phi) is 8.67. The fraction of sp³-hybridized carbons (Fsp3) is 0.321. The molecular formula is C28H31Cl2N3O3S. The van der Waals surface area contributed by atoms with Gasteiger partial charge in [0.05, 0.1) is 26.7 Å². The maximum atomic E-state index is 13.5. The summed E-state index contributed by atoms with van der Waals surface area (Å²) in [7, 11) is -4.09. The number of rotatable bonds is 8. The van der Waals surface area contributed by atoms with E-state index in [1.165, 1.54) is 36.7 Å². The number of halogens is 2. The van der Waals surface area contributed by atoms with E-state index in [2.05, 4.69) is 29.3 Å². The zero-order valence-corrected chi connectivity index (χ0v) is 23.2.